The third kappa shape index (κ3) is 4.31. The Morgan fingerprint density at radius 3 is 2.58 bits per heavy atom. The third-order valence-electron chi connectivity index (χ3n) is 3.89. The molecule has 0 radical (unpaired) electrons. The molecule has 0 atom stereocenters. The largest absolute Gasteiger partial charge is 0.385 e. The lowest BCUT2D eigenvalue weighted by Gasteiger charge is -2.08. The smallest absolute Gasteiger partial charge is 0.270 e. The molecule has 0 unspecified atom stereocenters. The van der Waals surface area contributed by atoms with Gasteiger partial charge in [0, 0.05) is 30.8 Å². The van der Waals surface area contributed by atoms with Crippen LogP contribution in [0.2, 0.25) is 5.02 Å². The van der Waals surface area contributed by atoms with Crippen LogP contribution >= 0.6 is 11.6 Å². The maximum atomic E-state index is 12.7. The Labute approximate surface area is 157 Å². The van der Waals surface area contributed by atoms with Crippen molar-refractivity contribution in [1.29, 1.82) is 0 Å². The number of nitrogens with zero attached hydrogens (tertiary/aromatic N) is 2. The molecule has 0 fully saturated rings. The summed E-state index contributed by atoms with van der Waals surface area (Å²) in [5.74, 6) is -0.169. The van der Waals surface area contributed by atoms with Crippen LogP contribution in [-0.4, -0.2) is 35.9 Å². The van der Waals surface area contributed by atoms with Gasteiger partial charge in [-0.25, -0.2) is 4.68 Å². The fourth-order valence-corrected chi connectivity index (χ4v) is 2.71. The second-order valence-corrected chi connectivity index (χ2v) is 6.21. The van der Waals surface area contributed by atoms with E-state index in [4.69, 9.17) is 16.3 Å². The minimum absolute atomic E-state index is 0.169. The third-order valence-corrected chi connectivity index (χ3v) is 4.15. The van der Waals surface area contributed by atoms with E-state index >= 15 is 0 Å². The van der Waals surface area contributed by atoms with Gasteiger partial charge in [-0.3, -0.25) is 4.79 Å². The second-order valence-electron chi connectivity index (χ2n) is 5.77. The molecule has 5 nitrogen and oxygen atoms in total. The van der Waals surface area contributed by atoms with E-state index in [0.717, 1.165) is 17.7 Å². The molecule has 2 aromatic carbocycles. The molecular formula is C20H20ClN3O2. The summed E-state index contributed by atoms with van der Waals surface area (Å²) >= 11 is 5.96. The van der Waals surface area contributed by atoms with Crippen LogP contribution < -0.4 is 5.32 Å². The maximum Gasteiger partial charge on any atom is 0.270 e. The lowest BCUT2D eigenvalue weighted by atomic mass is 10.1. The Kier molecular flexibility index (Phi) is 6.04. The van der Waals surface area contributed by atoms with Crippen LogP contribution in [0.1, 0.15) is 16.9 Å². The maximum absolute atomic E-state index is 12.7. The van der Waals surface area contributed by atoms with Crippen molar-refractivity contribution in [2.24, 2.45) is 0 Å². The van der Waals surface area contributed by atoms with Gasteiger partial charge in [0.05, 0.1) is 11.4 Å². The number of benzene rings is 2. The zero-order chi connectivity index (χ0) is 18.4. The number of hydrogen-bond acceptors (Lipinski definition) is 3. The standard InChI is InChI=1S/C20H20ClN3O2/c1-26-13-5-12-22-20(25)19-14-18(15-8-10-16(21)11-9-15)23-24(19)17-6-3-2-4-7-17/h2-4,6-11,14H,5,12-13H2,1H3,(H,22,25). The molecule has 1 aromatic heterocycles. The summed E-state index contributed by atoms with van der Waals surface area (Å²) in [4.78, 5) is 12.7. The number of halogens is 1. The van der Waals surface area contributed by atoms with Gasteiger partial charge in [-0.1, -0.05) is 41.9 Å². The molecule has 26 heavy (non-hydrogen) atoms. The summed E-state index contributed by atoms with van der Waals surface area (Å²) in [5.41, 5.74) is 2.93. The number of ether oxygens (including phenoxy) is 1. The van der Waals surface area contributed by atoms with Crippen molar-refractivity contribution in [3.63, 3.8) is 0 Å². The quantitative estimate of drug-likeness (QED) is 0.641. The van der Waals surface area contributed by atoms with Crippen molar-refractivity contribution in [2.75, 3.05) is 20.3 Å². The molecular weight excluding hydrogens is 350 g/mol. The van der Waals surface area contributed by atoms with Crippen LogP contribution in [0, 0.1) is 0 Å². The Morgan fingerprint density at radius 1 is 1.15 bits per heavy atom. The number of nitrogens with one attached hydrogen (secondary N) is 1. The van der Waals surface area contributed by atoms with Gasteiger partial charge in [0.2, 0.25) is 0 Å². The van der Waals surface area contributed by atoms with Gasteiger partial charge in [-0.2, -0.15) is 5.10 Å². The number of methoxy groups -OCH3 is 1. The summed E-state index contributed by atoms with van der Waals surface area (Å²) in [6, 6.07) is 18.8. The predicted molar refractivity (Wildman–Crippen MR) is 103 cm³/mol. The van der Waals surface area contributed by atoms with Crippen molar-refractivity contribution >= 4 is 17.5 Å². The Hall–Kier alpha value is -2.63. The van der Waals surface area contributed by atoms with Crippen molar-refractivity contribution in [3.05, 3.63) is 71.4 Å². The van der Waals surface area contributed by atoms with Gasteiger partial charge in [0.15, 0.2) is 0 Å². The summed E-state index contributed by atoms with van der Waals surface area (Å²) in [6.45, 7) is 1.15. The lowest BCUT2D eigenvalue weighted by Crippen LogP contribution is -2.27. The second kappa shape index (κ2) is 8.65. The zero-order valence-electron chi connectivity index (χ0n) is 14.5. The molecule has 0 saturated carbocycles. The lowest BCUT2D eigenvalue weighted by molar-refractivity contribution is 0.0941. The molecule has 6 heteroatoms. The molecule has 0 aliphatic rings. The molecule has 0 aliphatic carbocycles. The Balaban J connectivity index is 1.93. The number of aromatic nitrogens is 2. The topological polar surface area (TPSA) is 56.1 Å². The van der Waals surface area contributed by atoms with Gasteiger partial charge >= 0.3 is 0 Å². The minimum atomic E-state index is -0.169. The molecule has 1 heterocycles. The van der Waals surface area contributed by atoms with Gasteiger partial charge in [0.25, 0.3) is 5.91 Å². The van der Waals surface area contributed by atoms with Crippen LogP contribution in [0.4, 0.5) is 0 Å². The van der Waals surface area contributed by atoms with E-state index < -0.39 is 0 Å². The minimum Gasteiger partial charge on any atom is -0.385 e. The molecule has 1 amide bonds. The van der Waals surface area contributed by atoms with Crippen LogP contribution in [0.25, 0.3) is 16.9 Å². The number of para-hydroxylation sites is 1. The highest BCUT2D eigenvalue weighted by Crippen LogP contribution is 2.23. The fourth-order valence-electron chi connectivity index (χ4n) is 2.58. The molecule has 0 saturated heterocycles. The first-order chi connectivity index (χ1) is 12.7. The van der Waals surface area contributed by atoms with E-state index in [1.807, 2.05) is 54.6 Å². The number of amides is 1. The molecule has 134 valence electrons. The van der Waals surface area contributed by atoms with E-state index in [2.05, 4.69) is 10.4 Å². The molecule has 0 spiro atoms. The first-order valence-corrected chi connectivity index (χ1v) is 8.75. The summed E-state index contributed by atoms with van der Waals surface area (Å²) in [7, 11) is 1.64. The highest BCUT2D eigenvalue weighted by Gasteiger charge is 2.17. The SMILES string of the molecule is COCCCNC(=O)c1cc(-c2ccc(Cl)cc2)nn1-c1ccccc1. The molecule has 0 aliphatic heterocycles. The number of carbonyl (C=O) groups is 1. The average molecular weight is 370 g/mol. The first-order valence-electron chi connectivity index (χ1n) is 8.37. The molecule has 0 bridgehead atoms. The Bertz CT molecular complexity index is 861. The zero-order valence-corrected chi connectivity index (χ0v) is 15.2. The van der Waals surface area contributed by atoms with Gasteiger partial charge in [-0.05, 0) is 36.8 Å². The normalized spacial score (nSPS) is 10.7. The van der Waals surface area contributed by atoms with Crippen molar-refractivity contribution in [2.45, 2.75) is 6.42 Å². The number of carbonyl (C=O) groups excluding carboxylic acids is 1. The van der Waals surface area contributed by atoms with E-state index in [-0.39, 0.29) is 5.91 Å². The van der Waals surface area contributed by atoms with Crippen molar-refractivity contribution < 1.29 is 9.53 Å². The monoisotopic (exact) mass is 369 g/mol. The molecule has 3 aromatic rings. The number of rotatable bonds is 7. The van der Waals surface area contributed by atoms with Gasteiger partial charge < -0.3 is 10.1 Å². The van der Waals surface area contributed by atoms with Gasteiger partial charge in [0.1, 0.15) is 5.69 Å². The van der Waals surface area contributed by atoms with Crippen LogP contribution in [0.5, 0.6) is 0 Å². The fraction of sp³-hybridized carbons (Fsp3) is 0.200. The summed E-state index contributed by atoms with van der Waals surface area (Å²) < 4.78 is 6.68. The highest BCUT2D eigenvalue weighted by atomic mass is 35.5. The number of hydrogen-bond donors (Lipinski definition) is 1. The Morgan fingerprint density at radius 2 is 1.88 bits per heavy atom. The van der Waals surface area contributed by atoms with Gasteiger partial charge in [-0.15, -0.1) is 0 Å². The van der Waals surface area contributed by atoms with Crippen molar-refractivity contribution in [3.8, 4) is 16.9 Å². The van der Waals surface area contributed by atoms with Crippen molar-refractivity contribution in [1.82, 2.24) is 15.1 Å². The average Bonchev–Trinajstić information content (AvgIpc) is 3.12. The highest BCUT2D eigenvalue weighted by molar-refractivity contribution is 6.30. The van der Waals surface area contributed by atoms with Crippen LogP contribution in [0.15, 0.2) is 60.7 Å². The van der Waals surface area contributed by atoms with Crippen LogP contribution in [-0.2, 0) is 4.74 Å². The first kappa shape index (κ1) is 18.2. The van der Waals surface area contributed by atoms with E-state index in [0.29, 0.717) is 29.6 Å². The van der Waals surface area contributed by atoms with Crippen LogP contribution in [0.3, 0.4) is 0 Å². The summed E-state index contributed by atoms with van der Waals surface area (Å²) in [5, 5.41) is 8.21. The predicted octanol–water partition coefficient (Wildman–Crippen LogP) is 3.96. The van der Waals surface area contributed by atoms with E-state index in [9.17, 15) is 4.79 Å². The van der Waals surface area contributed by atoms with E-state index in [1.165, 1.54) is 0 Å². The summed E-state index contributed by atoms with van der Waals surface area (Å²) in [6.07, 6.45) is 0.756. The molecule has 3 rings (SSSR count). The van der Waals surface area contributed by atoms with E-state index in [1.54, 1.807) is 17.9 Å². The molecule has 1 N–H and O–H groups in total.